The Kier molecular flexibility index (Phi) is 4.22. The molecule has 0 bridgehead atoms. The van der Waals surface area contributed by atoms with Gasteiger partial charge in [-0.05, 0) is 6.92 Å². The Morgan fingerprint density at radius 2 is 2.44 bits per heavy atom. The zero-order valence-corrected chi connectivity index (χ0v) is 6.14. The van der Waals surface area contributed by atoms with Crippen molar-refractivity contribution in [2.75, 3.05) is 5.75 Å². The predicted octanol–water partition coefficient (Wildman–Crippen LogP) is 1.19. The number of hydrogen-bond acceptors (Lipinski definition) is 2. The van der Waals surface area contributed by atoms with Gasteiger partial charge in [-0.3, -0.25) is 4.79 Å². The summed E-state index contributed by atoms with van der Waals surface area (Å²) in [6, 6.07) is 0. The summed E-state index contributed by atoms with van der Waals surface area (Å²) < 4.78 is 0. The lowest BCUT2D eigenvalue weighted by Crippen LogP contribution is -2.11. The summed E-state index contributed by atoms with van der Waals surface area (Å²) in [4.78, 5) is 10.2. The first kappa shape index (κ1) is 8.56. The van der Waals surface area contributed by atoms with E-state index in [4.69, 9.17) is 5.11 Å². The van der Waals surface area contributed by atoms with Crippen molar-refractivity contribution in [2.45, 2.75) is 6.92 Å². The van der Waals surface area contributed by atoms with Crippen molar-refractivity contribution in [1.29, 1.82) is 0 Å². The van der Waals surface area contributed by atoms with E-state index in [9.17, 15) is 4.79 Å². The smallest absolute Gasteiger partial charge is 0.311 e. The molecule has 0 spiro atoms. The molecule has 9 heavy (non-hydrogen) atoms. The van der Waals surface area contributed by atoms with Crippen LogP contribution >= 0.6 is 12.6 Å². The van der Waals surface area contributed by atoms with Gasteiger partial charge in [0.1, 0.15) is 0 Å². The van der Waals surface area contributed by atoms with Crippen molar-refractivity contribution in [3.63, 3.8) is 0 Å². The van der Waals surface area contributed by atoms with Crippen LogP contribution in [0.1, 0.15) is 6.92 Å². The van der Waals surface area contributed by atoms with Crippen molar-refractivity contribution < 1.29 is 9.90 Å². The number of thiol groups is 1. The third-order valence-electron chi connectivity index (χ3n) is 0.939. The van der Waals surface area contributed by atoms with Crippen molar-refractivity contribution in [2.24, 2.45) is 5.92 Å². The van der Waals surface area contributed by atoms with Crippen LogP contribution in [-0.2, 0) is 4.79 Å². The number of aliphatic carboxylic acids is 1. The predicted molar refractivity (Wildman–Crippen MR) is 39.8 cm³/mol. The molecular formula is C6H10O2S. The van der Waals surface area contributed by atoms with Gasteiger partial charge in [0.25, 0.3) is 0 Å². The summed E-state index contributed by atoms with van der Waals surface area (Å²) in [6.45, 7) is 1.79. The Balaban J connectivity index is 3.83. The SMILES string of the molecule is CC=CC(CS)C(=O)O. The van der Waals surface area contributed by atoms with Gasteiger partial charge in [-0.15, -0.1) is 0 Å². The van der Waals surface area contributed by atoms with Gasteiger partial charge in [-0.25, -0.2) is 0 Å². The first-order valence-electron chi connectivity index (χ1n) is 2.68. The second-order valence-electron chi connectivity index (χ2n) is 1.65. The minimum atomic E-state index is -0.817. The lowest BCUT2D eigenvalue weighted by Gasteiger charge is -1.99. The highest BCUT2D eigenvalue weighted by atomic mass is 32.1. The van der Waals surface area contributed by atoms with Gasteiger partial charge in [-0.2, -0.15) is 12.6 Å². The molecule has 1 unspecified atom stereocenters. The number of carboxylic acid groups (broad SMARTS) is 1. The monoisotopic (exact) mass is 146 g/mol. The maximum absolute atomic E-state index is 10.2. The number of allylic oxidation sites excluding steroid dienone is 1. The lowest BCUT2D eigenvalue weighted by atomic mass is 10.2. The molecule has 0 saturated heterocycles. The highest BCUT2D eigenvalue weighted by Crippen LogP contribution is 2.00. The van der Waals surface area contributed by atoms with Gasteiger partial charge in [0.15, 0.2) is 0 Å². The van der Waals surface area contributed by atoms with E-state index in [-0.39, 0.29) is 0 Å². The molecule has 0 saturated carbocycles. The largest absolute Gasteiger partial charge is 0.481 e. The minimum absolute atomic E-state index is 0.361. The summed E-state index contributed by atoms with van der Waals surface area (Å²) in [6.07, 6.45) is 3.34. The normalized spacial score (nSPS) is 14.0. The van der Waals surface area contributed by atoms with E-state index in [0.717, 1.165) is 0 Å². The molecule has 0 aromatic rings. The van der Waals surface area contributed by atoms with Crippen molar-refractivity contribution in [1.82, 2.24) is 0 Å². The molecule has 3 heteroatoms. The molecule has 0 heterocycles. The van der Waals surface area contributed by atoms with Gasteiger partial charge in [0.05, 0.1) is 5.92 Å². The molecular weight excluding hydrogens is 136 g/mol. The molecule has 0 aromatic carbocycles. The topological polar surface area (TPSA) is 37.3 Å². The van der Waals surface area contributed by atoms with E-state index < -0.39 is 11.9 Å². The van der Waals surface area contributed by atoms with Gasteiger partial charge < -0.3 is 5.11 Å². The van der Waals surface area contributed by atoms with E-state index in [2.05, 4.69) is 12.6 Å². The molecule has 2 nitrogen and oxygen atoms in total. The lowest BCUT2D eigenvalue weighted by molar-refractivity contribution is -0.139. The molecule has 1 N–H and O–H groups in total. The Morgan fingerprint density at radius 3 is 2.56 bits per heavy atom. The number of carboxylic acids is 1. The van der Waals surface area contributed by atoms with E-state index in [1.165, 1.54) is 0 Å². The molecule has 0 aliphatic carbocycles. The van der Waals surface area contributed by atoms with Crippen LogP contribution in [-0.4, -0.2) is 16.8 Å². The average molecular weight is 146 g/mol. The number of rotatable bonds is 3. The first-order valence-corrected chi connectivity index (χ1v) is 3.32. The van der Waals surface area contributed by atoms with Crippen LogP contribution < -0.4 is 0 Å². The fourth-order valence-corrected chi connectivity index (χ4v) is 0.731. The van der Waals surface area contributed by atoms with Crippen LogP contribution in [0, 0.1) is 5.92 Å². The Morgan fingerprint density at radius 1 is 1.89 bits per heavy atom. The molecule has 0 amide bonds. The van der Waals surface area contributed by atoms with Gasteiger partial charge in [0, 0.05) is 5.75 Å². The molecule has 0 aromatic heterocycles. The summed E-state index contributed by atoms with van der Waals surface area (Å²) in [5.74, 6) is -0.888. The summed E-state index contributed by atoms with van der Waals surface area (Å²) in [7, 11) is 0. The minimum Gasteiger partial charge on any atom is -0.481 e. The summed E-state index contributed by atoms with van der Waals surface area (Å²) >= 11 is 3.86. The van der Waals surface area contributed by atoms with E-state index in [1.807, 2.05) is 0 Å². The third-order valence-corrected chi connectivity index (χ3v) is 1.33. The highest BCUT2D eigenvalue weighted by molar-refractivity contribution is 7.80. The van der Waals surface area contributed by atoms with Crippen LogP contribution in [0.5, 0.6) is 0 Å². The van der Waals surface area contributed by atoms with Crippen LogP contribution in [0.2, 0.25) is 0 Å². The number of carbonyl (C=O) groups is 1. The van der Waals surface area contributed by atoms with E-state index >= 15 is 0 Å². The Labute approximate surface area is 60.0 Å². The molecule has 0 fully saturated rings. The summed E-state index contributed by atoms with van der Waals surface area (Å²) in [5, 5.41) is 8.40. The number of hydrogen-bond donors (Lipinski definition) is 2. The van der Waals surface area contributed by atoms with Crippen molar-refractivity contribution >= 4 is 18.6 Å². The molecule has 52 valence electrons. The van der Waals surface area contributed by atoms with Crippen LogP contribution in [0.25, 0.3) is 0 Å². The Bertz CT molecular complexity index is 120. The zero-order chi connectivity index (χ0) is 7.28. The van der Waals surface area contributed by atoms with Crippen molar-refractivity contribution in [3.05, 3.63) is 12.2 Å². The second kappa shape index (κ2) is 4.44. The molecule has 0 radical (unpaired) electrons. The standard InChI is InChI=1S/C6H10O2S/c1-2-3-5(4-9)6(7)8/h2-3,5,9H,4H2,1H3,(H,7,8). The molecule has 1 atom stereocenters. The molecule has 0 rings (SSSR count). The van der Waals surface area contributed by atoms with E-state index in [1.54, 1.807) is 19.1 Å². The van der Waals surface area contributed by atoms with Gasteiger partial charge in [0.2, 0.25) is 0 Å². The summed E-state index contributed by atoms with van der Waals surface area (Å²) in [5.41, 5.74) is 0. The molecule has 0 aliphatic heterocycles. The van der Waals surface area contributed by atoms with Gasteiger partial charge in [-0.1, -0.05) is 12.2 Å². The highest BCUT2D eigenvalue weighted by Gasteiger charge is 2.09. The second-order valence-corrected chi connectivity index (χ2v) is 2.02. The average Bonchev–Trinajstić information content (AvgIpc) is 1.82. The maximum Gasteiger partial charge on any atom is 0.311 e. The fourth-order valence-electron chi connectivity index (χ4n) is 0.454. The Hall–Kier alpha value is -0.440. The van der Waals surface area contributed by atoms with E-state index in [0.29, 0.717) is 5.75 Å². The van der Waals surface area contributed by atoms with Gasteiger partial charge >= 0.3 is 5.97 Å². The third kappa shape index (κ3) is 3.19. The van der Waals surface area contributed by atoms with Crippen LogP contribution in [0.3, 0.4) is 0 Å². The first-order chi connectivity index (χ1) is 4.22. The van der Waals surface area contributed by atoms with Crippen LogP contribution in [0.4, 0.5) is 0 Å². The molecule has 0 aliphatic rings. The zero-order valence-electron chi connectivity index (χ0n) is 5.24. The quantitative estimate of drug-likeness (QED) is 0.463. The fraction of sp³-hybridized carbons (Fsp3) is 0.500. The maximum atomic E-state index is 10.2. The van der Waals surface area contributed by atoms with Crippen LogP contribution in [0.15, 0.2) is 12.2 Å². The van der Waals surface area contributed by atoms with Crippen molar-refractivity contribution in [3.8, 4) is 0 Å².